The van der Waals surface area contributed by atoms with Crippen molar-refractivity contribution in [2.45, 2.75) is 18.4 Å². The SMILES string of the molecule is Cc1nc(COc2ccc(F)cc2)sc1C(=O)NCCS(=O)(=O)c1ccccc1. The number of halogens is 1. The van der Waals surface area contributed by atoms with Crippen molar-refractivity contribution in [3.63, 3.8) is 0 Å². The van der Waals surface area contributed by atoms with Crippen LogP contribution < -0.4 is 10.1 Å². The van der Waals surface area contributed by atoms with Crippen LogP contribution in [0.25, 0.3) is 0 Å². The molecule has 0 aliphatic carbocycles. The van der Waals surface area contributed by atoms with E-state index in [4.69, 9.17) is 4.74 Å². The summed E-state index contributed by atoms with van der Waals surface area (Å²) >= 11 is 1.17. The first-order valence-electron chi connectivity index (χ1n) is 8.76. The van der Waals surface area contributed by atoms with Crippen molar-refractivity contribution in [1.82, 2.24) is 10.3 Å². The van der Waals surface area contributed by atoms with Gasteiger partial charge in [0.2, 0.25) is 0 Å². The maximum absolute atomic E-state index is 12.9. The van der Waals surface area contributed by atoms with Gasteiger partial charge in [0.1, 0.15) is 28.1 Å². The number of carbonyl (C=O) groups excluding carboxylic acids is 1. The third-order valence-electron chi connectivity index (χ3n) is 3.98. The van der Waals surface area contributed by atoms with Crippen LogP contribution >= 0.6 is 11.3 Å². The smallest absolute Gasteiger partial charge is 0.263 e. The molecule has 0 fully saturated rings. The molecule has 1 aromatic heterocycles. The topological polar surface area (TPSA) is 85.4 Å². The van der Waals surface area contributed by atoms with Crippen LogP contribution in [-0.2, 0) is 16.4 Å². The minimum absolute atomic E-state index is 0.00515. The summed E-state index contributed by atoms with van der Waals surface area (Å²) in [7, 11) is -3.46. The Kier molecular flexibility index (Phi) is 6.60. The lowest BCUT2D eigenvalue weighted by Gasteiger charge is -2.06. The Morgan fingerprint density at radius 1 is 1.14 bits per heavy atom. The quantitative estimate of drug-likeness (QED) is 0.588. The van der Waals surface area contributed by atoms with Gasteiger partial charge in [-0.1, -0.05) is 18.2 Å². The van der Waals surface area contributed by atoms with Gasteiger partial charge in [-0.05, 0) is 43.3 Å². The number of nitrogens with one attached hydrogen (secondary N) is 1. The number of hydrogen-bond acceptors (Lipinski definition) is 6. The molecule has 2 aromatic carbocycles. The summed E-state index contributed by atoms with van der Waals surface area (Å²) < 4.78 is 43.0. The zero-order valence-electron chi connectivity index (χ0n) is 15.6. The van der Waals surface area contributed by atoms with Crippen LogP contribution in [0.2, 0.25) is 0 Å². The number of carbonyl (C=O) groups is 1. The molecule has 0 atom stereocenters. The van der Waals surface area contributed by atoms with Gasteiger partial charge in [0.25, 0.3) is 5.91 Å². The molecule has 29 heavy (non-hydrogen) atoms. The number of rotatable bonds is 8. The van der Waals surface area contributed by atoms with E-state index in [0.29, 0.717) is 21.3 Å². The average Bonchev–Trinajstić information content (AvgIpc) is 3.09. The third-order valence-corrected chi connectivity index (χ3v) is 6.84. The molecule has 1 N–H and O–H groups in total. The Morgan fingerprint density at radius 2 is 1.83 bits per heavy atom. The molecule has 0 radical (unpaired) electrons. The molecule has 0 aliphatic rings. The van der Waals surface area contributed by atoms with Crippen LogP contribution in [0.15, 0.2) is 59.5 Å². The van der Waals surface area contributed by atoms with E-state index >= 15 is 0 Å². The highest BCUT2D eigenvalue weighted by atomic mass is 32.2. The summed E-state index contributed by atoms with van der Waals surface area (Å²) in [6.07, 6.45) is 0. The number of nitrogens with zero attached hydrogens (tertiary/aromatic N) is 1. The highest BCUT2D eigenvalue weighted by Gasteiger charge is 2.18. The highest BCUT2D eigenvalue weighted by Crippen LogP contribution is 2.20. The molecule has 0 saturated carbocycles. The minimum atomic E-state index is -3.46. The number of hydrogen-bond donors (Lipinski definition) is 1. The van der Waals surface area contributed by atoms with Gasteiger partial charge >= 0.3 is 0 Å². The number of ether oxygens (including phenoxy) is 1. The van der Waals surface area contributed by atoms with Gasteiger partial charge in [0, 0.05) is 6.54 Å². The molecular weight excluding hydrogens is 415 g/mol. The Labute approximate surface area is 172 Å². The molecule has 152 valence electrons. The molecule has 1 heterocycles. The maximum atomic E-state index is 12.9. The van der Waals surface area contributed by atoms with Gasteiger partial charge in [-0.15, -0.1) is 11.3 Å². The molecule has 0 aliphatic heterocycles. The number of aryl methyl sites for hydroxylation is 1. The normalized spacial score (nSPS) is 11.2. The third kappa shape index (κ3) is 5.61. The second-order valence-electron chi connectivity index (χ2n) is 6.15. The Hall–Kier alpha value is -2.78. The van der Waals surface area contributed by atoms with Crippen LogP contribution in [0.4, 0.5) is 4.39 Å². The summed E-state index contributed by atoms with van der Waals surface area (Å²) in [5.74, 6) is -0.426. The molecule has 3 aromatic rings. The second kappa shape index (κ2) is 9.15. The van der Waals surface area contributed by atoms with Gasteiger partial charge in [-0.25, -0.2) is 17.8 Å². The molecule has 3 rings (SSSR count). The van der Waals surface area contributed by atoms with E-state index < -0.39 is 9.84 Å². The van der Waals surface area contributed by atoms with E-state index in [9.17, 15) is 17.6 Å². The fraction of sp³-hybridized carbons (Fsp3) is 0.200. The number of benzene rings is 2. The van der Waals surface area contributed by atoms with E-state index in [2.05, 4.69) is 10.3 Å². The standard InChI is InChI=1S/C20H19FN2O4S2/c1-14-19(28-18(23-14)13-27-16-9-7-15(21)8-10-16)20(24)22-11-12-29(25,26)17-5-3-2-4-6-17/h2-10H,11-13H2,1H3,(H,22,24). The van der Waals surface area contributed by atoms with Gasteiger partial charge in [0.05, 0.1) is 16.3 Å². The van der Waals surface area contributed by atoms with Crippen LogP contribution in [0, 0.1) is 12.7 Å². The first kappa shape index (κ1) is 20.9. The van der Waals surface area contributed by atoms with Crippen molar-refractivity contribution in [1.29, 1.82) is 0 Å². The average molecular weight is 435 g/mol. The van der Waals surface area contributed by atoms with Crippen molar-refractivity contribution < 1.29 is 22.3 Å². The summed E-state index contributed by atoms with van der Waals surface area (Å²) in [4.78, 5) is 17.3. The zero-order valence-corrected chi connectivity index (χ0v) is 17.2. The van der Waals surface area contributed by atoms with E-state index in [1.54, 1.807) is 25.1 Å². The molecule has 9 heteroatoms. The summed E-state index contributed by atoms with van der Waals surface area (Å²) in [6, 6.07) is 13.7. The van der Waals surface area contributed by atoms with E-state index in [0.717, 1.165) is 0 Å². The van der Waals surface area contributed by atoms with Gasteiger partial charge in [-0.2, -0.15) is 0 Å². The Balaban J connectivity index is 1.55. The first-order chi connectivity index (χ1) is 13.8. The number of amides is 1. The van der Waals surface area contributed by atoms with Crippen LogP contribution in [-0.4, -0.2) is 31.6 Å². The highest BCUT2D eigenvalue weighted by molar-refractivity contribution is 7.91. The lowest BCUT2D eigenvalue weighted by molar-refractivity contribution is 0.0959. The lowest BCUT2D eigenvalue weighted by atomic mass is 10.3. The Morgan fingerprint density at radius 3 is 2.52 bits per heavy atom. The van der Waals surface area contributed by atoms with Gasteiger partial charge < -0.3 is 10.1 Å². The lowest BCUT2D eigenvalue weighted by Crippen LogP contribution is -2.29. The van der Waals surface area contributed by atoms with E-state index in [-0.39, 0.29) is 35.5 Å². The summed E-state index contributed by atoms with van der Waals surface area (Å²) in [5.41, 5.74) is 0.538. The van der Waals surface area contributed by atoms with Crippen molar-refractivity contribution in [3.05, 3.63) is 76.0 Å². The van der Waals surface area contributed by atoms with E-state index in [1.807, 2.05) is 0 Å². The number of aromatic nitrogens is 1. The molecule has 0 bridgehead atoms. The van der Waals surface area contributed by atoms with Gasteiger partial charge in [0.15, 0.2) is 9.84 Å². The Bertz CT molecular complexity index is 1080. The van der Waals surface area contributed by atoms with Crippen molar-refractivity contribution in [3.8, 4) is 5.75 Å². The van der Waals surface area contributed by atoms with Crippen molar-refractivity contribution in [2.75, 3.05) is 12.3 Å². The minimum Gasteiger partial charge on any atom is -0.486 e. The maximum Gasteiger partial charge on any atom is 0.263 e. The molecule has 6 nitrogen and oxygen atoms in total. The molecule has 1 amide bonds. The molecule has 0 spiro atoms. The molecule has 0 saturated heterocycles. The molecular formula is C20H19FN2O4S2. The monoisotopic (exact) mass is 434 g/mol. The summed E-state index contributed by atoms with van der Waals surface area (Å²) in [6.45, 7) is 1.84. The first-order valence-corrected chi connectivity index (χ1v) is 11.2. The fourth-order valence-corrected chi connectivity index (χ4v) is 4.60. The predicted octanol–water partition coefficient (Wildman–Crippen LogP) is 3.37. The van der Waals surface area contributed by atoms with Crippen molar-refractivity contribution >= 4 is 27.1 Å². The van der Waals surface area contributed by atoms with Gasteiger partial charge in [-0.3, -0.25) is 4.79 Å². The van der Waals surface area contributed by atoms with Crippen LogP contribution in [0.5, 0.6) is 5.75 Å². The molecule has 0 unspecified atom stereocenters. The fourth-order valence-electron chi connectivity index (χ4n) is 2.53. The van der Waals surface area contributed by atoms with E-state index in [1.165, 1.54) is 47.7 Å². The van der Waals surface area contributed by atoms with Crippen LogP contribution in [0.3, 0.4) is 0 Å². The number of sulfone groups is 1. The van der Waals surface area contributed by atoms with Crippen molar-refractivity contribution in [2.24, 2.45) is 0 Å². The summed E-state index contributed by atoms with van der Waals surface area (Å²) in [5, 5.41) is 3.22. The second-order valence-corrected chi connectivity index (χ2v) is 9.35. The predicted molar refractivity (Wildman–Crippen MR) is 108 cm³/mol. The largest absolute Gasteiger partial charge is 0.486 e. The zero-order chi connectivity index (χ0) is 20.9. The number of thiazole rings is 1. The van der Waals surface area contributed by atoms with Crippen LogP contribution in [0.1, 0.15) is 20.4 Å².